The van der Waals surface area contributed by atoms with Gasteiger partial charge in [0, 0.05) is 6.54 Å². The van der Waals surface area contributed by atoms with Crippen molar-refractivity contribution < 1.29 is 13.2 Å². The topological polar surface area (TPSA) is 80.3 Å². The standard InChI is InChI=1S/C20H21N3O3S/c1-15-12-18(26-2)9-10-19(15)27(24,25)23-17-8-11-20(22-14-17)21-13-16-6-4-3-5-7-16/h3-12,14,23H,13H2,1-2H3,(H,21,22). The fourth-order valence-electron chi connectivity index (χ4n) is 2.61. The molecule has 2 aromatic carbocycles. The quantitative estimate of drug-likeness (QED) is 0.648. The largest absolute Gasteiger partial charge is 0.497 e. The Balaban J connectivity index is 1.68. The number of nitrogens with zero attached hydrogens (tertiary/aromatic N) is 1. The van der Waals surface area contributed by atoms with Crippen LogP contribution in [-0.4, -0.2) is 20.5 Å². The van der Waals surface area contributed by atoms with Crippen LogP contribution in [0.15, 0.2) is 71.8 Å². The molecule has 0 unspecified atom stereocenters. The average molecular weight is 383 g/mol. The van der Waals surface area contributed by atoms with Gasteiger partial charge < -0.3 is 10.1 Å². The molecule has 0 atom stereocenters. The summed E-state index contributed by atoms with van der Waals surface area (Å²) >= 11 is 0. The van der Waals surface area contributed by atoms with Crippen LogP contribution in [0.4, 0.5) is 11.5 Å². The van der Waals surface area contributed by atoms with E-state index in [-0.39, 0.29) is 4.90 Å². The molecule has 3 aromatic rings. The maximum atomic E-state index is 12.6. The fraction of sp³-hybridized carbons (Fsp3) is 0.150. The minimum Gasteiger partial charge on any atom is -0.497 e. The van der Waals surface area contributed by atoms with Crippen LogP contribution < -0.4 is 14.8 Å². The summed E-state index contributed by atoms with van der Waals surface area (Å²) in [4.78, 5) is 4.47. The first-order valence-corrected chi connectivity index (χ1v) is 9.87. The number of nitrogens with one attached hydrogen (secondary N) is 2. The molecule has 6 nitrogen and oxygen atoms in total. The lowest BCUT2D eigenvalue weighted by Crippen LogP contribution is -2.14. The van der Waals surface area contributed by atoms with Gasteiger partial charge in [0.25, 0.3) is 10.0 Å². The number of anilines is 2. The van der Waals surface area contributed by atoms with Crippen molar-refractivity contribution >= 4 is 21.5 Å². The average Bonchev–Trinajstić information content (AvgIpc) is 2.67. The summed E-state index contributed by atoms with van der Waals surface area (Å²) in [7, 11) is -2.16. The highest BCUT2D eigenvalue weighted by Crippen LogP contribution is 2.23. The Hall–Kier alpha value is -3.06. The van der Waals surface area contributed by atoms with Gasteiger partial charge in [-0.2, -0.15) is 0 Å². The molecule has 2 N–H and O–H groups in total. The minimum absolute atomic E-state index is 0.203. The van der Waals surface area contributed by atoms with E-state index in [2.05, 4.69) is 15.0 Å². The van der Waals surface area contributed by atoms with Crippen molar-refractivity contribution in [2.24, 2.45) is 0 Å². The normalized spacial score (nSPS) is 11.0. The van der Waals surface area contributed by atoms with Crippen LogP contribution >= 0.6 is 0 Å². The highest BCUT2D eigenvalue weighted by molar-refractivity contribution is 7.92. The van der Waals surface area contributed by atoms with Gasteiger partial charge in [0.15, 0.2) is 0 Å². The SMILES string of the molecule is COc1ccc(S(=O)(=O)Nc2ccc(NCc3ccccc3)nc2)c(C)c1. The molecule has 0 bridgehead atoms. The van der Waals surface area contributed by atoms with Crippen LogP contribution in [0.3, 0.4) is 0 Å². The Labute approximate surface area is 159 Å². The Bertz CT molecular complexity index is 1000. The van der Waals surface area contributed by atoms with E-state index in [0.717, 1.165) is 5.56 Å². The number of pyridine rings is 1. The predicted molar refractivity (Wildman–Crippen MR) is 107 cm³/mol. The highest BCUT2D eigenvalue weighted by Gasteiger charge is 2.17. The summed E-state index contributed by atoms with van der Waals surface area (Å²) in [6, 6.07) is 18.2. The first-order valence-electron chi connectivity index (χ1n) is 8.39. The van der Waals surface area contributed by atoms with E-state index in [9.17, 15) is 8.42 Å². The highest BCUT2D eigenvalue weighted by atomic mass is 32.2. The number of hydrogen-bond donors (Lipinski definition) is 2. The van der Waals surface area contributed by atoms with Crippen molar-refractivity contribution in [1.82, 2.24) is 4.98 Å². The molecule has 0 fully saturated rings. The maximum Gasteiger partial charge on any atom is 0.262 e. The van der Waals surface area contributed by atoms with Crippen LogP contribution in [0.25, 0.3) is 0 Å². The van der Waals surface area contributed by atoms with Crippen molar-refractivity contribution in [1.29, 1.82) is 0 Å². The summed E-state index contributed by atoms with van der Waals surface area (Å²) in [5.74, 6) is 1.28. The molecule has 27 heavy (non-hydrogen) atoms. The third-order valence-corrected chi connectivity index (χ3v) is 5.55. The summed E-state index contributed by atoms with van der Waals surface area (Å²) < 4.78 is 32.9. The summed E-state index contributed by atoms with van der Waals surface area (Å²) in [5, 5.41) is 3.20. The van der Waals surface area contributed by atoms with Crippen molar-refractivity contribution in [2.45, 2.75) is 18.4 Å². The molecule has 0 amide bonds. The third kappa shape index (κ3) is 4.77. The number of methoxy groups -OCH3 is 1. The van der Waals surface area contributed by atoms with Crippen LogP contribution in [-0.2, 0) is 16.6 Å². The molecule has 7 heteroatoms. The van der Waals surface area contributed by atoms with Crippen molar-refractivity contribution in [3.8, 4) is 5.75 Å². The molecule has 0 radical (unpaired) electrons. The molecule has 0 saturated heterocycles. The summed E-state index contributed by atoms with van der Waals surface area (Å²) in [6.45, 7) is 2.37. The van der Waals surface area contributed by atoms with E-state index < -0.39 is 10.0 Å². The van der Waals surface area contributed by atoms with Crippen LogP contribution in [0, 0.1) is 6.92 Å². The third-order valence-electron chi connectivity index (χ3n) is 4.00. The summed E-state index contributed by atoms with van der Waals surface area (Å²) in [5.41, 5.74) is 2.14. The van der Waals surface area contributed by atoms with Gasteiger partial charge in [0.05, 0.1) is 23.9 Å². The number of aromatic nitrogens is 1. The lowest BCUT2D eigenvalue weighted by Gasteiger charge is -2.12. The van der Waals surface area contributed by atoms with Crippen LogP contribution in [0.2, 0.25) is 0 Å². The van der Waals surface area contributed by atoms with E-state index in [4.69, 9.17) is 4.74 Å². The van der Waals surface area contributed by atoms with E-state index in [0.29, 0.717) is 29.4 Å². The Morgan fingerprint density at radius 1 is 1.04 bits per heavy atom. The monoisotopic (exact) mass is 383 g/mol. The Morgan fingerprint density at radius 3 is 2.44 bits per heavy atom. The first-order chi connectivity index (χ1) is 13.0. The van der Waals surface area contributed by atoms with Crippen molar-refractivity contribution in [2.75, 3.05) is 17.1 Å². The molecular formula is C20H21N3O3S. The van der Waals surface area contributed by atoms with Crippen LogP contribution in [0.1, 0.15) is 11.1 Å². The van der Waals surface area contributed by atoms with E-state index in [1.54, 1.807) is 38.3 Å². The molecular weight excluding hydrogens is 362 g/mol. The minimum atomic E-state index is -3.70. The number of rotatable bonds is 7. The molecule has 3 rings (SSSR count). The van der Waals surface area contributed by atoms with Crippen molar-refractivity contribution in [3.63, 3.8) is 0 Å². The number of benzene rings is 2. The molecule has 0 saturated carbocycles. The zero-order valence-electron chi connectivity index (χ0n) is 15.1. The molecule has 0 spiro atoms. The van der Waals surface area contributed by atoms with Gasteiger partial charge in [0.1, 0.15) is 11.6 Å². The van der Waals surface area contributed by atoms with Gasteiger partial charge in [-0.05, 0) is 48.4 Å². The second-order valence-electron chi connectivity index (χ2n) is 6.01. The molecule has 140 valence electrons. The van der Waals surface area contributed by atoms with E-state index >= 15 is 0 Å². The van der Waals surface area contributed by atoms with Gasteiger partial charge >= 0.3 is 0 Å². The van der Waals surface area contributed by atoms with Gasteiger partial charge in [-0.25, -0.2) is 13.4 Å². The Kier molecular flexibility index (Phi) is 5.61. The summed E-state index contributed by atoms with van der Waals surface area (Å²) in [6.07, 6.45) is 1.49. The molecule has 1 heterocycles. The number of sulfonamides is 1. The van der Waals surface area contributed by atoms with Gasteiger partial charge in [-0.3, -0.25) is 4.72 Å². The van der Waals surface area contributed by atoms with Crippen LogP contribution in [0.5, 0.6) is 5.75 Å². The predicted octanol–water partition coefficient (Wildman–Crippen LogP) is 3.81. The maximum absolute atomic E-state index is 12.6. The lowest BCUT2D eigenvalue weighted by molar-refractivity contribution is 0.414. The van der Waals surface area contributed by atoms with E-state index in [1.807, 2.05) is 30.3 Å². The lowest BCUT2D eigenvalue weighted by atomic mass is 10.2. The molecule has 0 aliphatic rings. The zero-order valence-corrected chi connectivity index (χ0v) is 16.0. The van der Waals surface area contributed by atoms with Gasteiger partial charge in [-0.1, -0.05) is 30.3 Å². The number of ether oxygens (including phenoxy) is 1. The first kappa shape index (κ1) is 18.7. The second kappa shape index (κ2) is 8.09. The Morgan fingerprint density at radius 2 is 1.81 bits per heavy atom. The fourth-order valence-corrected chi connectivity index (χ4v) is 3.88. The second-order valence-corrected chi connectivity index (χ2v) is 7.66. The van der Waals surface area contributed by atoms with Gasteiger partial charge in [0.2, 0.25) is 0 Å². The van der Waals surface area contributed by atoms with Crippen molar-refractivity contribution in [3.05, 3.63) is 78.0 Å². The molecule has 1 aromatic heterocycles. The number of hydrogen-bond acceptors (Lipinski definition) is 5. The zero-order chi connectivity index (χ0) is 19.3. The molecule has 0 aliphatic heterocycles. The van der Waals surface area contributed by atoms with E-state index in [1.165, 1.54) is 12.3 Å². The molecule has 0 aliphatic carbocycles. The van der Waals surface area contributed by atoms with Gasteiger partial charge in [-0.15, -0.1) is 0 Å². The smallest absolute Gasteiger partial charge is 0.262 e. The number of aryl methyl sites for hydroxylation is 1.